The summed E-state index contributed by atoms with van der Waals surface area (Å²) in [5, 5.41) is 19.2. The molecule has 3 N–H and O–H groups in total. The molecule has 162 valence electrons. The number of pyridine rings is 2. The van der Waals surface area contributed by atoms with E-state index in [1.807, 2.05) is 27.0 Å². The highest BCUT2D eigenvalue weighted by molar-refractivity contribution is 6.10. The van der Waals surface area contributed by atoms with E-state index in [0.29, 0.717) is 30.2 Å². The van der Waals surface area contributed by atoms with Crippen LogP contribution in [0.5, 0.6) is 0 Å². The van der Waals surface area contributed by atoms with E-state index in [2.05, 4.69) is 17.2 Å². The Kier molecular flexibility index (Phi) is 5.35. The summed E-state index contributed by atoms with van der Waals surface area (Å²) in [7, 11) is 1.88. The number of amidine groups is 1. The highest BCUT2D eigenvalue weighted by atomic mass is 16.2. The molecular formula is C23H29N7O. The molecule has 0 spiro atoms. The van der Waals surface area contributed by atoms with Gasteiger partial charge in [0.2, 0.25) is 0 Å². The first kappa shape index (κ1) is 21.1. The summed E-state index contributed by atoms with van der Waals surface area (Å²) in [5.41, 5.74) is 4.06. The summed E-state index contributed by atoms with van der Waals surface area (Å²) in [5.74, 6) is 0.563. The Bertz CT molecular complexity index is 1060. The van der Waals surface area contributed by atoms with Gasteiger partial charge in [-0.2, -0.15) is 0 Å². The van der Waals surface area contributed by atoms with Gasteiger partial charge in [-0.05, 0) is 51.9 Å². The van der Waals surface area contributed by atoms with Crippen LogP contribution in [0.2, 0.25) is 0 Å². The number of rotatable bonds is 7. The third-order valence-electron chi connectivity index (χ3n) is 6.17. The molecule has 1 aliphatic carbocycles. The normalized spacial score (nSPS) is 16.4. The first-order valence-corrected chi connectivity index (χ1v) is 10.6. The quantitative estimate of drug-likeness (QED) is 0.472. The van der Waals surface area contributed by atoms with Crippen molar-refractivity contribution in [1.82, 2.24) is 20.2 Å². The van der Waals surface area contributed by atoms with Crippen LogP contribution in [0.4, 0.5) is 5.82 Å². The van der Waals surface area contributed by atoms with Crippen molar-refractivity contribution < 1.29 is 4.79 Å². The molecule has 31 heavy (non-hydrogen) atoms. The van der Waals surface area contributed by atoms with Gasteiger partial charge in [0.15, 0.2) is 5.84 Å². The van der Waals surface area contributed by atoms with Crippen molar-refractivity contribution in [2.75, 3.05) is 11.9 Å². The Labute approximate surface area is 182 Å². The smallest absolute Gasteiger partial charge is 0.260 e. The number of nitrogens with one attached hydrogen (secondary N) is 3. The lowest BCUT2D eigenvalue weighted by atomic mass is 9.99. The van der Waals surface area contributed by atoms with Gasteiger partial charge in [0.05, 0.1) is 18.6 Å². The Morgan fingerprint density at radius 2 is 2.10 bits per heavy atom. The number of carbonyl (C=O) groups is 1. The standard InChI is InChI=1S/C23H29N7O/c1-14(2)30(13-24)21(25)17-6-5-7-20(28-17)29-12-16-15(22(29)31)10-19(23(3)8-9-23)27-18(16)11-26-4/h5-7,10,13-14,24-26H,8-9,11-12H2,1-4H3. The Balaban J connectivity index is 1.69. The van der Waals surface area contributed by atoms with Gasteiger partial charge in [-0.15, -0.1) is 0 Å². The van der Waals surface area contributed by atoms with Crippen LogP contribution in [0, 0.1) is 10.8 Å². The van der Waals surface area contributed by atoms with Crippen LogP contribution in [0.3, 0.4) is 0 Å². The number of anilines is 1. The number of hydrogen-bond acceptors (Lipinski definition) is 6. The minimum Gasteiger partial charge on any atom is -0.314 e. The van der Waals surface area contributed by atoms with Crippen molar-refractivity contribution in [2.24, 2.45) is 0 Å². The molecule has 1 amide bonds. The van der Waals surface area contributed by atoms with Crippen LogP contribution >= 0.6 is 0 Å². The van der Waals surface area contributed by atoms with Crippen LogP contribution in [0.25, 0.3) is 0 Å². The lowest BCUT2D eigenvalue weighted by Crippen LogP contribution is -2.36. The van der Waals surface area contributed by atoms with Crippen LogP contribution in [0.1, 0.15) is 66.6 Å². The van der Waals surface area contributed by atoms with Crippen LogP contribution in [-0.4, -0.2) is 46.0 Å². The molecule has 4 rings (SSSR count). The molecule has 1 fully saturated rings. The van der Waals surface area contributed by atoms with E-state index in [0.717, 1.165) is 36.1 Å². The second kappa shape index (κ2) is 7.85. The SMILES string of the molecule is CNCc1nc(C2(C)CC2)cc2c1CN(c1cccc(C(=N)N(C=N)C(C)C)n1)C2=O. The molecule has 0 bridgehead atoms. The molecule has 8 nitrogen and oxygen atoms in total. The monoisotopic (exact) mass is 419 g/mol. The van der Waals surface area contributed by atoms with E-state index < -0.39 is 0 Å². The van der Waals surface area contributed by atoms with Gasteiger partial charge in [0.25, 0.3) is 5.91 Å². The molecule has 3 heterocycles. The molecule has 0 saturated heterocycles. The zero-order chi connectivity index (χ0) is 22.3. The molecule has 8 heteroatoms. The van der Waals surface area contributed by atoms with E-state index in [4.69, 9.17) is 15.8 Å². The predicted molar refractivity (Wildman–Crippen MR) is 121 cm³/mol. The maximum absolute atomic E-state index is 13.4. The van der Waals surface area contributed by atoms with Gasteiger partial charge >= 0.3 is 0 Å². The highest BCUT2D eigenvalue weighted by Gasteiger charge is 2.43. The number of carbonyl (C=O) groups excluding carboxylic acids is 1. The lowest BCUT2D eigenvalue weighted by molar-refractivity contribution is 0.0995. The Morgan fingerprint density at radius 1 is 1.35 bits per heavy atom. The van der Waals surface area contributed by atoms with E-state index in [9.17, 15) is 4.79 Å². The maximum Gasteiger partial charge on any atom is 0.260 e. The van der Waals surface area contributed by atoms with E-state index in [1.165, 1.54) is 4.90 Å². The van der Waals surface area contributed by atoms with E-state index >= 15 is 0 Å². The zero-order valence-electron chi connectivity index (χ0n) is 18.5. The van der Waals surface area contributed by atoms with Gasteiger partial charge < -0.3 is 10.2 Å². The molecule has 1 aliphatic heterocycles. The van der Waals surface area contributed by atoms with Crippen LogP contribution < -0.4 is 10.2 Å². The highest BCUT2D eigenvalue weighted by Crippen LogP contribution is 2.47. The van der Waals surface area contributed by atoms with Crippen LogP contribution in [0.15, 0.2) is 24.3 Å². The first-order valence-electron chi connectivity index (χ1n) is 10.6. The Hall–Kier alpha value is -3.13. The number of nitrogens with zero attached hydrogens (tertiary/aromatic N) is 4. The van der Waals surface area contributed by atoms with Crippen molar-refractivity contribution in [3.63, 3.8) is 0 Å². The van der Waals surface area contributed by atoms with Crippen molar-refractivity contribution in [2.45, 2.75) is 58.2 Å². The largest absolute Gasteiger partial charge is 0.314 e. The zero-order valence-corrected chi connectivity index (χ0v) is 18.5. The van der Waals surface area contributed by atoms with Crippen molar-refractivity contribution in [3.05, 3.63) is 52.5 Å². The second-order valence-corrected chi connectivity index (χ2v) is 8.82. The average Bonchev–Trinajstić information content (AvgIpc) is 3.42. The first-order chi connectivity index (χ1) is 14.8. The predicted octanol–water partition coefficient (Wildman–Crippen LogP) is 3.05. The lowest BCUT2D eigenvalue weighted by Gasteiger charge is -2.24. The maximum atomic E-state index is 13.4. The molecule has 0 radical (unpaired) electrons. The van der Waals surface area contributed by atoms with E-state index in [1.54, 1.807) is 23.1 Å². The number of hydrogen-bond donors (Lipinski definition) is 3. The fourth-order valence-corrected chi connectivity index (χ4v) is 3.93. The van der Waals surface area contributed by atoms with Crippen molar-refractivity contribution >= 4 is 23.9 Å². The molecule has 0 atom stereocenters. The van der Waals surface area contributed by atoms with Crippen LogP contribution in [-0.2, 0) is 18.5 Å². The number of amides is 1. The molecular weight excluding hydrogens is 390 g/mol. The van der Waals surface area contributed by atoms with Gasteiger partial charge in [0, 0.05) is 34.8 Å². The molecule has 1 saturated carbocycles. The topological polar surface area (TPSA) is 109 Å². The molecule has 2 aliphatic rings. The van der Waals surface area contributed by atoms with Crippen molar-refractivity contribution in [1.29, 1.82) is 10.8 Å². The summed E-state index contributed by atoms with van der Waals surface area (Å²) in [6.45, 7) is 7.05. The summed E-state index contributed by atoms with van der Waals surface area (Å²) in [6, 6.07) is 7.25. The second-order valence-electron chi connectivity index (χ2n) is 8.82. The van der Waals surface area contributed by atoms with Gasteiger partial charge in [0.1, 0.15) is 11.5 Å². The number of aromatic nitrogens is 2. The minimum atomic E-state index is -0.0794. The van der Waals surface area contributed by atoms with Gasteiger partial charge in [-0.3, -0.25) is 25.5 Å². The van der Waals surface area contributed by atoms with E-state index in [-0.39, 0.29) is 23.2 Å². The van der Waals surface area contributed by atoms with Crippen molar-refractivity contribution in [3.8, 4) is 0 Å². The summed E-state index contributed by atoms with van der Waals surface area (Å²) >= 11 is 0. The summed E-state index contributed by atoms with van der Waals surface area (Å²) in [6.07, 6.45) is 3.33. The molecule has 0 unspecified atom stereocenters. The minimum absolute atomic E-state index is 0.0366. The molecule has 0 aromatic carbocycles. The fraction of sp³-hybridized carbons (Fsp3) is 0.435. The number of fused-ring (bicyclic) bond motifs is 1. The fourth-order valence-electron chi connectivity index (χ4n) is 3.93. The molecule has 2 aromatic heterocycles. The summed E-state index contributed by atoms with van der Waals surface area (Å²) in [4.78, 5) is 26.1. The van der Waals surface area contributed by atoms with Gasteiger partial charge in [-0.25, -0.2) is 4.98 Å². The average molecular weight is 420 g/mol. The molecule has 2 aromatic rings. The Morgan fingerprint density at radius 3 is 2.71 bits per heavy atom. The third-order valence-corrected chi connectivity index (χ3v) is 6.17. The van der Waals surface area contributed by atoms with Gasteiger partial charge in [-0.1, -0.05) is 13.0 Å². The third kappa shape index (κ3) is 3.72. The summed E-state index contributed by atoms with van der Waals surface area (Å²) < 4.78 is 0.